The van der Waals surface area contributed by atoms with Gasteiger partial charge in [-0.1, -0.05) is 18.2 Å². The minimum atomic E-state index is -0.443. The van der Waals surface area contributed by atoms with E-state index in [0.29, 0.717) is 28.5 Å². The van der Waals surface area contributed by atoms with Gasteiger partial charge in [0.25, 0.3) is 11.6 Å². The highest BCUT2D eigenvalue weighted by atomic mass is 16.6. The largest absolute Gasteiger partial charge is 0.493 e. The molecule has 1 aliphatic rings. The first-order chi connectivity index (χ1) is 18.0. The number of hydrogen-bond acceptors (Lipinski definition) is 7. The standard InChI is InChI=1S/C28H24N4O5/c1-36-27-14-19(8-13-26(27)37-17-18-6-11-21(12-7-18)32(34)35)16-29-31-28(33)23-15-25(20-9-10-20)30-24-5-3-2-4-22(23)24/h2-8,11-16,20H,9-10,17H2,1H3,(H,31,33)/b29-16+. The number of ether oxygens (including phenoxy) is 2. The van der Waals surface area contributed by atoms with Crippen LogP contribution in [0.15, 0.2) is 77.9 Å². The number of carbonyl (C=O) groups is 1. The molecule has 0 bridgehead atoms. The molecule has 3 aromatic carbocycles. The molecule has 9 nitrogen and oxygen atoms in total. The SMILES string of the molecule is COc1cc(/C=N/NC(=O)c2cc(C3CC3)nc3ccccc23)ccc1OCc1ccc([N+](=O)[O-])cc1. The van der Waals surface area contributed by atoms with E-state index in [2.05, 4.69) is 10.5 Å². The number of amides is 1. The zero-order chi connectivity index (χ0) is 25.8. The monoisotopic (exact) mass is 496 g/mol. The predicted octanol–water partition coefficient (Wildman–Crippen LogP) is 5.37. The van der Waals surface area contributed by atoms with Crippen molar-refractivity contribution in [1.82, 2.24) is 10.4 Å². The van der Waals surface area contributed by atoms with Gasteiger partial charge in [0, 0.05) is 29.1 Å². The summed E-state index contributed by atoms with van der Waals surface area (Å²) in [5.41, 5.74) is 6.44. The Hall–Kier alpha value is -4.79. The molecule has 1 aromatic heterocycles. The molecule has 1 fully saturated rings. The number of nitro benzene ring substituents is 1. The highest BCUT2D eigenvalue weighted by molar-refractivity contribution is 6.06. The first-order valence-corrected chi connectivity index (χ1v) is 11.8. The van der Waals surface area contributed by atoms with Gasteiger partial charge in [0.15, 0.2) is 11.5 Å². The Bertz CT molecular complexity index is 1500. The first kappa shape index (κ1) is 23.9. The van der Waals surface area contributed by atoms with Crippen LogP contribution in [-0.4, -0.2) is 29.1 Å². The summed E-state index contributed by atoms with van der Waals surface area (Å²) < 4.78 is 11.3. The molecule has 1 aliphatic carbocycles. The van der Waals surface area contributed by atoms with Crippen LogP contribution in [0.2, 0.25) is 0 Å². The topological polar surface area (TPSA) is 116 Å². The van der Waals surface area contributed by atoms with Gasteiger partial charge in [-0.2, -0.15) is 5.10 Å². The van der Waals surface area contributed by atoms with Gasteiger partial charge in [0.2, 0.25) is 0 Å². The van der Waals surface area contributed by atoms with Gasteiger partial charge in [-0.15, -0.1) is 0 Å². The van der Waals surface area contributed by atoms with E-state index >= 15 is 0 Å². The second kappa shape index (κ2) is 10.4. The van der Waals surface area contributed by atoms with Crippen LogP contribution in [0.25, 0.3) is 10.9 Å². The summed E-state index contributed by atoms with van der Waals surface area (Å²) in [6.45, 7) is 0.223. The lowest BCUT2D eigenvalue weighted by Crippen LogP contribution is -2.18. The molecule has 0 spiro atoms. The number of nitrogens with one attached hydrogen (secondary N) is 1. The summed E-state index contributed by atoms with van der Waals surface area (Å²) in [6, 6.07) is 20.9. The van der Waals surface area contributed by atoms with Crippen molar-refractivity contribution in [2.24, 2.45) is 5.10 Å². The van der Waals surface area contributed by atoms with E-state index in [1.165, 1.54) is 25.5 Å². The molecule has 186 valence electrons. The molecule has 9 heteroatoms. The molecule has 37 heavy (non-hydrogen) atoms. The maximum Gasteiger partial charge on any atom is 0.272 e. The van der Waals surface area contributed by atoms with E-state index < -0.39 is 4.92 Å². The van der Waals surface area contributed by atoms with Gasteiger partial charge in [-0.25, -0.2) is 5.43 Å². The normalized spacial score (nSPS) is 13.0. The van der Waals surface area contributed by atoms with Crippen molar-refractivity contribution in [3.8, 4) is 11.5 Å². The average Bonchev–Trinajstić information content (AvgIpc) is 3.77. The van der Waals surface area contributed by atoms with Crippen molar-refractivity contribution < 1.29 is 19.2 Å². The van der Waals surface area contributed by atoms with Crippen LogP contribution in [0.1, 0.15) is 45.9 Å². The Morgan fingerprint density at radius 2 is 1.89 bits per heavy atom. The number of hydrogen-bond donors (Lipinski definition) is 1. The third-order valence-electron chi connectivity index (χ3n) is 6.09. The predicted molar refractivity (Wildman–Crippen MR) is 139 cm³/mol. The summed E-state index contributed by atoms with van der Waals surface area (Å²) in [6.07, 6.45) is 3.73. The Balaban J connectivity index is 1.26. The van der Waals surface area contributed by atoms with E-state index in [1.54, 1.807) is 30.3 Å². The number of aromatic nitrogens is 1. The number of non-ortho nitro benzene ring substituents is 1. The summed E-state index contributed by atoms with van der Waals surface area (Å²) >= 11 is 0. The van der Waals surface area contributed by atoms with Crippen LogP contribution in [0, 0.1) is 10.1 Å². The minimum Gasteiger partial charge on any atom is -0.493 e. The Labute approximate surface area is 212 Å². The molecule has 0 radical (unpaired) electrons. The number of para-hydroxylation sites is 1. The van der Waals surface area contributed by atoms with Crippen LogP contribution >= 0.6 is 0 Å². The average molecular weight is 497 g/mol. The van der Waals surface area contributed by atoms with Crippen LogP contribution in [-0.2, 0) is 6.61 Å². The van der Waals surface area contributed by atoms with Gasteiger partial charge in [-0.05, 0) is 66.4 Å². The summed E-state index contributed by atoms with van der Waals surface area (Å²) in [5.74, 6) is 1.13. The fourth-order valence-electron chi connectivity index (χ4n) is 3.96. The van der Waals surface area contributed by atoms with Crippen molar-refractivity contribution in [2.75, 3.05) is 7.11 Å². The van der Waals surface area contributed by atoms with Crippen molar-refractivity contribution in [3.05, 3.63) is 105 Å². The molecule has 0 saturated heterocycles. The van der Waals surface area contributed by atoms with E-state index in [4.69, 9.17) is 14.5 Å². The highest BCUT2D eigenvalue weighted by Gasteiger charge is 2.26. The van der Waals surface area contributed by atoms with Crippen LogP contribution in [0.4, 0.5) is 5.69 Å². The molecule has 1 saturated carbocycles. The van der Waals surface area contributed by atoms with Crippen LogP contribution in [0.3, 0.4) is 0 Å². The number of rotatable bonds is 9. The summed E-state index contributed by atoms with van der Waals surface area (Å²) in [7, 11) is 1.53. The number of nitrogens with zero attached hydrogens (tertiary/aromatic N) is 3. The number of benzene rings is 3. The van der Waals surface area contributed by atoms with Gasteiger partial charge in [0.1, 0.15) is 6.61 Å². The van der Waals surface area contributed by atoms with Gasteiger partial charge >= 0.3 is 0 Å². The van der Waals surface area contributed by atoms with Gasteiger partial charge in [0.05, 0.1) is 29.3 Å². The van der Waals surface area contributed by atoms with Gasteiger partial charge in [-0.3, -0.25) is 19.9 Å². The molecule has 0 atom stereocenters. The smallest absolute Gasteiger partial charge is 0.272 e. The zero-order valence-corrected chi connectivity index (χ0v) is 20.1. The molecule has 1 amide bonds. The number of methoxy groups -OCH3 is 1. The summed E-state index contributed by atoms with van der Waals surface area (Å²) in [5, 5.41) is 15.7. The molecule has 1 N–H and O–H groups in total. The molecule has 1 heterocycles. The molecule has 0 aliphatic heterocycles. The van der Waals surface area contributed by atoms with Crippen molar-refractivity contribution in [2.45, 2.75) is 25.4 Å². The fourth-order valence-corrected chi connectivity index (χ4v) is 3.96. The molecular weight excluding hydrogens is 472 g/mol. The zero-order valence-electron chi connectivity index (χ0n) is 20.1. The van der Waals surface area contributed by atoms with Crippen molar-refractivity contribution in [3.63, 3.8) is 0 Å². The molecule has 5 rings (SSSR count). The van der Waals surface area contributed by atoms with E-state index in [0.717, 1.165) is 35.0 Å². The van der Waals surface area contributed by atoms with Crippen LogP contribution in [0.5, 0.6) is 11.5 Å². The number of fused-ring (bicyclic) bond motifs is 1. The second-order valence-electron chi connectivity index (χ2n) is 8.71. The van der Waals surface area contributed by atoms with Crippen molar-refractivity contribution in [1.29, 1.82) is 0 Å². The molecular formula is C28H24N4O5. The molecule has 4 aromatic rings. The third-order valence-corrected chi connectivity index (χ3v) is 6.09. The first-order valence-electron chi connectivity index (χ1n) is 11.8. The minimum absolute atomic E-state index is 0.0255. The number of nitro groups is 1. The van der Waals surface area contributed by atoms with Crippen LogP contribution < -0.4 is 14.9 Å². The maximum absolute atomic E-state index is 13.0. The summed E-state index contributed by atoms with van der Waals surface area (Å²) in [4.78, 5) is 28.0. The number of carbonyl (C=O) groups excluding carboxylic acids is 1. The Kier molecular flexibility index (Phi) is 6.76. The van der Waals surface area contributed by atoms with Crippen molar-refractivity contribution >= 4 is 28.7 Å². The van der Waals surface area contributed by atoms with Gasteiger partial charge < -0.3 is 9.47 Å². The Morgan fingerprint density at radius 1 is 1.11 bits per heavy atom. The lowest BCUT2D eigenvalue weighted by Gasteiger charge is -2.11. The quantitative estimate of drug-likeness (QED) is 0.189. The van der Waals surface area contributed by atoms with E-state index in [9.17, 15) is 14.9 Å². The highest BCUT2D eigenvalue weighted by Crippen LogP contribution is 2.40. The Morgan fingerprint density at radius 3 is 2.62 bits per heavy atom. The lowest BCUT2D eigenvalue weighted by molar-refractivity contribution is -0.384. The van der Waals surface area contributed by atoms with E-state index in [1.807, 2.05) is 30.3 Å². The maximum atomic E-state index is 13.0. The molecule has 0 unspecified atom stereocenters. The van der Waals surface area contributed by atoms with E-state index in [-0.39, 0.29) is 18.2 Å². The number of pyridine rings is 1. The third kappa shape index (κ3) is 5.56. The second-order valence-corrected chi connectivity index (χ2v) is 8.71. The fraction of sp³-hybridized carbons (Fsp3) is 0.179. The lowest BCUT2D eigenvalue weighted by atomic mass is 10.1. The number of hydrazone groups is 1.